The van der Waals surface area contributed by atoms with Crippen molar-refractivity contribution < 1.29 is 4.79 Å². The first-order chi connectivity index (χ1) is 13.3. The topological polar surface area (TPSA) is 64.0 Å². The normalized spacial score (nSPS) is 12.3. The Morgan fingerprint density at radius 1 is 1.32 bits per heavy atom. The molecule has 5 nitrogen and oxygen atoms in total. The van der Waals surface area contributed by atoms with Gasteiger partial charge in [-0.1, -0.05) is 39.8 Å². The average molecular weight is 480 g/mol. The summed E-state index contributed by atoms with van der Waals surface area (Å²) >= 11 is 6.24. The van der Waals surface area contributed by atoms with Crippen molar-refractivity contribution in [1.82, 2.24) is 14.9 Å². The Bertz CT molecular complexity index is 1070. The van der Waals surface area contributed by atoms with Gasteiger partial charge in [0.25, 0.3) is 5.56 Å². The summed E-state index contributed by atoms with van der Waals surface area (Å²) < 4.78 is 2.65. The van der Waals surface area contributed by atoms with Crippen LogP contribution < -0.4 is 10.9 Å². The Balaban J connectivity index is 1.74. The molecule has 1 amide bonds. The molecule has 0 aliphatic carbocycles. The number of hydrogen-bond donors (Lipinski definition) is 1. The highest BCUT2D eigenvalue weighted by Gasteiger charge is 2.17. The number of amides is 1. The van der Waals surface area contributed by atoms with Gasteiger partial charge in [-0.2, -0.15) is 0 Å². The minimum absolute atomic E-state index is 0.0273. The lowest BCUT2D eigenvalue weighted by Gasteiger charge is -2.15. The third-order valence-electron chi connectivity index (χ3n) is 4.65. The lowest BCUT2D eigenvalue weighted by Crippen LogP contribution is -2.29. The van der Waals surface area contributed by atoms with Crippen LogP contribution in [0.25, 0.3) is 10.2 Å². The molecule has 2 heterocycles. The van der Waals surface area contributed by atoms with Crippen LogP contribution in [0.4, 0.5) is 0 Å². The van der Waals surface area contributed by atoms with Gasteiger partial charge >= 0.3 is 0 Å². The van der Waals surface area contributed by atoms with Crippen molar-refractivity contribution in [3.05, 3.63) is 55.1 Å². The fraction of sp³-hybridized carbons (Fsp3) is 0.350. The molecule has 0 saturated carbocycles. The zero-order valence-electron chi connectivity index (χ0n) is 16.2. The number of aryl methyl sites for hydroxylation is 2. The maximum atomic E-state index is 12.9. The van der Waals surface area contributed by atoms with E-state index in [0.717, 1.165) is 25.3 Å². The van der Waals surface area contributed by atoms with Crippen LogP contribution >= 0.6 is 39.0 Å². The highest BCUT2D eigenvalue weighted by molar-refractivity contribution is 9.10. The monoisotopic (exact) mass is 479 g/mol. The van der Waals surface area contributed by atoms with E-state index in [9.17, 15) is 9.59 Å². The Hall–Kier alpha value is -1.64. The van der Waals surface area contributed by atoms with Crippen LogP contribution in [0.2, 0.25) is 0 Å². The maximum Gasteiger partial charge on any atom is 0.263 e. The number of carbonyl (C=O) groups is 1. The van der Waals surface area contributed by atoms with Gasteiger partial charge in [0.1, 0.15) is 4.83 Å². The molecule has 148 valence electrons. The standard InChI is InChI=1S/C20H22BrN3O2S2/c1-5-24-19(26)17-11(2)13(4)28-18(17)23-20(24)27-10-16(25)22-12(3)14-6-8-15(21)9-7-14/h6-9,12H,5,10H2,1-4H3,(H,22,25). The Morgan fingerprint density at radius 3 is 2.64 bits per heavy atom. The summed E-state index contributed by atoms with van der Waals surface area (Å²) in [6, 6.07) is 7.78. The van der Waals surface area contributed by atoms with Crippen LogP contribution in [-0.2, 0) is 11.3 Å². The number of aromatic nitrogens is 2. The number of thioether (sulfide) groups is 1. The minimum atomic E-state index is -0.0902. The second kappa shape index (κ2) is 8.80. The Labute approximate surface area is 180 Å². The van der Waals surface area contributed by atoms with Crippen LogP contribution in [0, 0.1) is 13.8 Å². The maximum absolute atomic E-state index is 12.9. The Kier molecular flexibility index (Phi) is 6.62. The molecule has 8 heteroatoms. The fourth-order valence-electron chi connectivity index (χ4n) is 2.95. The molecule has 2 aromatic heterocycles. The largest absolute Gasteiger partial charge is 0.349 e. The van der Waals surface area contributed by atoms with Crippen molar-refractivity contribution in [3.8, 4) is 0 Å². The van der Waals surface area contributed by atoms with Gasteiger partial charge in [-0.3, -0.25) is 14.2 Å². The van der Waals surface area contributed by atoms with Crippen molar-refractivity contribution in [2.45, 2.75) is 45.4 Å². The zero-order valence-corrected chi connectivity index (χ0v) is 19.4. The van der Waals surface area contributed by atoms with Crippen molar-refractivity contribution in [2.24, 2.45) is 0 Å². The quantitative estimate of drug-likeness (QED) is 0.406. The minimum Gasteiger partial charge on any atom is -0.349 e. The summed E-state index contributed by atoms with van der Waals surface area (Å²) in [5.74, 6) is 0.123. The van der Waals surface area contributed by atoms with E-state index in [2.05, 4.69) is 26.2 Å². The molecule has 1 aromatic carbocycles. The van der Waals surface area contributed by atoms with Crippen LogP contribution in [-0.4, -0.2) is 21.2 Å². The lowest BCUT2D eigenvalue weighted by molar-refractivity contribution is -0.119. The predicted octanol–water partition coefficient (Wildman–Crippen LogP) is 4.83. The average Bonchev–Trinajstić information content (AvgIpc) is 2.94. The first-order valence-corrected chi connectivity index (χ1v) is 11.6. The van der Waals surface area contributed by atoms with E-state index >= 15 is 0 Å². The number of rotatable bonds is 6. The van der Waals surface area contributed by atoms with Crippen LogP contribution in [0.1, 0.15) is 35.9 Å². The summed E-state index contributed by atoms with van der Waals surface area (Å²) in [5.41, 5.74) is 2.01. The summed E-state index contributed by atoms with van der Waals surface area (Å²) in [4.78, 5) is 31.8. The number of nitrogens with zero attached hydrogens (tertiary/aromatic N) is 2. The van der Waals surface area contributed by atoms with Crippen molar-refractivity contribution in [3.63, 3.8) is 0 Å². The van der Waals surface area contributed by atoms with Crippen molar-refractivity contribution in [2.75, 3.05) is 5.75 Å². The number of hydrogen-bond acceptors (Lipinski definition) is 5. The summed E-state index contributed by atoms with van der Waals surface area (Å²) in [6.45, 7) is 8.36. The van der Waals surface area contributed by atoms with E-state index in [1.54, 1.807) is 4.57 Å². The number of halogens is 1. The number of benzene rings is 1. The molecule has 0 aliphatic heterocycles. The number of nitrogens with one attached hydrogen (secondary N) is 1. The second-order valence-electron chi connectivity index (χ2n) is 6.54. The van der Waals surface area contributed by atoms with Crippen LogP contribution in [0.5, 0.6) is 0 Å². The van der Waals surface area contributed by atoms with Crippen LogP contribution in [0.3, 0.4) is 0 Å². The second-order valence-corrected chi connectivity index (χ2v) is 9.60. The van der Waals surface area contributed by atoms with Crippen molar-refractivity contribution in [1.29, 1.82) is 0 Å². The van der Waals surface area contributed by atoms with Gasteiger partial charge in [0.2, 0.25) is 5.91 Å². The molecule has 0 aliphatic rings. The van der Waals surface area contributed by atoms with E-state index in [4.69, 9.17) is 0 Å². The lowest BCUT2D eigenvalue weighted by atomic mass is 10.1. The van der Waals surface area contributed by atoms with Gasteiger partial charge in [-0.15, -0.1) is 11.3 Å². The number of fused-ring (bicyclic) bond motifs is 1. The summed E-state index contributed by atoms with van der Waals surface area (Å²) in [6.07, 6.45) is 0. The number of thiophene rings is 1. The molecular formula is C20H22BrN3O2S2. The van der Waals surface area contributed by atoms with Gasteiger partial charge in [-0.05, 0) is 51.0 Å². The van der Waals surface area contributed by atoms with E-state index in [-0.39, 0.29) is 23.3 Å². The van der Waals surface area contributed by atoms with Crippen LogP contribution in [0.15, 0.2) is 38.7 Å². The molecule has 0 bridgehead atoms. The number of carbonyl (C=O) groups excluding carboxylic acids is 1. The smallest absolute Gasteiger partial charge is 0.263 e. The molecule has 1 unspecified atom stereocenters. The van der Waals surface area contributed by atoms with E-state index in [0.29, 0.717) is 17.1 Å². The van der Waals surface area contributed by atoms with Gasteiger partial charge in [-0.25, -0.2) is 4.98 Å². The highest BCUT2D eigenvalue weighted by Crippen LogP contribution is 2.28. The van der Waals surface area contributed by atoms with Gasteiger partial charge < -0.3 is 5.32 Å². The third kappa shape index (κ3) is 4.34. The first kappa shape index (κ1) is 21.1. The zero-order chi connectivity index (χ0) is 20.4. The molecule has 28 heavy (non-hydrogen) atoms. The first-order valence-electron chi connectivity index (χ1n) is 9.00. The van der Waals surface area contributed by atoms with E-state index in [1.165, 1.54) is 23.1 Å². The van der Waals surface area contributed by atoms with E-state index < -0.39 is 0 Å². The SMILES string of the molecule is CCn1c(SCC(=O)NC(C)c2ccc(Br)cc2)nc2sc(C)c(C)c2c1=O. The summed E-state index contributed by atoms with van der Waals surface area (Å²) in [7, 11) is 0. The van der Waals surface area contributed by atoms with Crippen molar-refractivity contribution >= 4 is 55.2 Å². The molecule has 3 aromatic rings. The Morgan fingerprint density at radius 2 is 2.00 bits per heavy atom. The molecule has 1 atom stereocenters. The van der Waals surface area contributed by atoms with E-state index in [1.807, 2.05) is 52.0 Å². The highest BCUT2D eigenvalue weighted by atomic mass is 79.9. The molecule has 0 radical (unpaired) electrons. The molecule has 0 spiro atoms. The molecule has 1 N–H and O–H groups in total. The van der Waals surface area contributed by atoms with Gasteiger partial charge in [0.15, 0.2) is 5.16 Å². The van der Waals surface area contributed by atoms with Gasteiger partial charge in [0, 0.05) is 15.9 Å². The molecule has 0 fully saturated rings. The molecule has 3 rings (SSSR count). The molecular weight excluding hydrogens is 458 g/mol. The third-order valence-corrected chi connectivity index (χ3v) is 7.26. The predicted molar refractivity (Wildman–Crippen MR) is 120 cm³/mol. The molecule has 0 saturated heterocycles. The summed E-state index contributed by atoms with van der Waals surface area (Å²) in [5, 5.41) is 4.29. The fourth-order valence-corrected chi connectivity index (χ4v) is 5.15. The van der Waals surface area contributed by atoms with Gasteiger partial charge in [0.05, 0.1) is 17.2 Å².